The van der Waals surface area contributed by atoms with Gasteiger partial charge in [-0.2, -0.15) is 0 Å². The maximum absolute atomic E-state index is 13.5. The van der Waals surface area contributed by atoms with Crippen LogP contribution in [0.25, 0.3) is 0 Å². The summed E-state index contributed by atoms with van der Waals surface area (Å²) < 4.78 is 48.3. The molecule has 2 aromatic carbocycles. The second-order valence-electron chi connectivity index (χ2n) is 15.4. The minimum absolute atomic E-state index is 0.0719. The fourth-order valence-electron chi connectivity index (χ4n) is 8.72. The molecule has 3 aliphatic heterocycles. The molecule has 272 valence electrons. The van der Waals surface area contributed by atoms with Gasteiger partial charge >= 0.3 is 0 Å². The standard InChI is InChI=1S/C39H52ClN3O6S/c1-26-6-4-8-36(48-19-17-42-16-18-47-23-27(42)2)33-12-9-31(33)22-43-24-39(15-5-7-29-20-32(40)11-13-34(29)39)25-49-37-14-10-30(21-35(37)43)38(44)41-50(45,46)28(26)3/h4,8,10-11,13-14,20-21,26-28,31,33,36H,5-7,9,12,15-19,22-25H2,1-3H3,(H,41,44)/b8-4+/t26-,27+,28+,31-,33+,36-,39-/m0/s1. The molecule has 1 amide bonds. The van der Waals surface area contributed by atoms with Gasteiger partial charge in [0.25, 0.3) is 5.91 Å². The molecule has 7 rings (SSSR count). The van der Waals surface area contributed by atoms with Crippen LogP contribution in [0.4, 0.5) is 5.69 Å². The summed E-state index contributed by atoms with van der Waals surface area (Å²) in [7, 11) is -3.93. The summed E-state index contributed by atoms with van der Waals surface area (Å²) in [6, 6.07) is 12.0. The average Bonchev–Trinajstić information content (AvgIpc) is 3.23. The Balaban J connectivity index is 1.23. The molecule has 0 unspecified atom stereocenters. The minimum Gasteiger partial charge on any atom is -0.490 e. The zero-order valence-electron chi connectivity index (χ0n) is 29.6. The second kappa shape index (κ2) is 14.8. The van der Waals surface area contributed by atoms with E-state index in [2.05, 4.69) is 45.7 Å². The number of hydrogen-bond donors (Lipinski definition) is 1. The molecule has 9 nitrogen and oxygen atoms in total. The molecule has 50 heavy (non-hydrogen) atoms. The van der Waals surface area contributed by atoms with E-state index in [4.69, 9.17) is 25.8 Å². The zero-order valence-corrected chi connectivity index (χ0v) is 31.2. The first-order chi connectivity index (χ1) is 24.0. The van der Waals surface area contributed by atoms with Crippen molar-refractivity contribution in [3.63, 3.8) is 0 Å². The summed E-state index contributed by atoms with van der Waals surface area (Å²) in [4.78, 5) is 18.4. The second-order valence-corrected chi connectivity index (χ2v) is 17.9. The van der Waals surface area contributed by atoms with Gasteiger partial charge in [-0.05, 0) is 112 Å². The third-order valence-electron chi connectivity index (χ3n) is 12.2. The van der Waals surface area contributed by atoms with E-state index in [1.807, 2.05) is 25.1 Å². The lowest BCUT2D eigenvalue weighted by molar-refractivity contribution is -0.0442. The first-order valence-corrected chi connectivity index (χ1v) is 20.4. The number of halogens is 1. The van der Waals surface area contributed by atoms with Crippen molar-refractivity contribution in [1.82, 2.24) is 9.62 Å². The molecule has 2 aromatic rings. The Morgan fingerprint density at radius 2 is 1.98 bits per heavy atom. The molecule has 7 atom stereocenters. The van der Waals surface area contributed by atoms with Gasteiger partial charge < -0.3 is 19.1 Å². The third kappa shape index (κ3) is 7.33. The van der Waals surface area contributed by atoms with E-state index in [-0.39, 0.29) is 17.4 Å². The van der Waals surface area contributed by atoms with Crippen LogP contribution in [0.5, 0.6) is 5.75 Å². The van der Waals surface area contributed by atoms with Crippen molar-refractivity contribution in [2.24, 2.45) is 17.8 Å². The van der Waals surface area contributed by atoms with Crippen molar-refractivity contribution < 1.29 is 27.4 Å². The Hall–Kier alpha value is -2.63. The number of nitrogens with zero attached hydrogens (tertiary/aromatic N) is 2. The molecule has 0 aromatic heterocycles. The van der Waals surface area contributed by atoms with Crippen LogP contribution < -0.4 is 14.4 Å². The topological polar surface area (TPSA) is 97.4 Å². The van der Waals surface area contributed by atoms with Gasteiger partial charge in [0, 0.05) is 48.2 Å². The van der Waals surface area contributed by atoms with Gasteiger partial charge in [0.15, 0.2) is 0 Å². The lowest BCUT2D eigenvalue weighted by Gasteiger charge is -2.46. The van der Waals surface area contributed by atoms with E-state index >= 15 is 0 Å². The number of hydrogen-bond acceptors (Lipinski definition) is 8. The predicted molar refractivity (Wildman–Crippen MR) is 197 cm³/mol. The number of carbonyl (C=O) groups excluding carboxylic acids is 1. The molecule has 1 N–H and O–H groups in total. The summed E-state index contributed by atoms with van der Waals surface area (Å²) in [5.41, 5.74) is 3.45. The first kappa shape index (κ1) is 35.8. The zero-order chi connectivity index (χ0) is 35.0. The van der Waals surface area contributed by atoms with Crippen LogP contribution in [0, 0.1) is 17.8 Å². The summed E-state index contributed by atoms with van der Waals surface area (Å²) >= 11 is 6.47. The quantitative estimate of drug-likeness (QED) is 0.385. The third-order valence-corrected chi connectivity index (χ3v) is 14.4. The van der Waals surface area contributed by atoms with Crippen molar-refractivity contribution in [2.45, 2.75) is 82.1 Å². The van der Waals surface area contributed by atoms with Gasteiger partial charge in [0.1, 0.15) is 5.75 Å². The number of ether oxygens (including phenoxy) is 3. The number of amides is 1. The Morgan fingerprint density at radius 3 is 2.78 bits per heavy atom. The van der Waals surface area contributed by atoms with Crippen molar-refractivity contribution in [3.05, 3.63) is 70.3 Å². The minimum atomic E-state index is -3.93. The van der Waals surface area contributed by atoms with Gasteiger partial charge in [0.05, 0.1) is 43.5 Å². The highest BCUT2D eigenvalue weighted by molar-refractivity contribution is 7.90. The molecule has 0 radical (unpaired) electrons. The van der Waals surface area contributed by atoms with E-state index in [1.54, 1.807) is 13.0 Å². The van der Waals surface area contributed by atoms with Gasteiger partial charge in [-0.3, -0.25) is 9.69 Å². The Bertz CT molecular complexity index is 1700. The number of anilines is 1. The van der Waals surface area contributed by atoms with Gasteiger partial charge in [-0.25, -0.2) is 13.1 Å². The molecule has 1 saturated carbocycles. The highest BCUT2D eigenvalue weighted by Crippen LogP contribution is 2.47. The number of aryl methyl sites for hydroxylation is 1. The fourth-order valence-corrected chi connectivity index (χ4v) is 10.2. The molecule has 3 heterocycles. The maximum atomic E-state index is 13.5. The number of fused-ring (bicyclic) bond motifs is 4. The molecule has 2 bridgehead atoms. The lowest BCUT2D eigenvalue weighted by Crippen LogP contribution is -2.50. The average molecular weight is 726 g/mol. The molecule has 1 spiro atoms. The summed E-state index contributed by atoms with van der Waals surface area (Å²) in [6.07, 6.45) is 9.95. The molecule has 2 aliphatic carbocycles. The number of morpholine rings is 1. The Morgan fingerprint density at radius 1 is 1.12 bits per heavy atom. The summed E-state index contributed by atoms with van der Waals surface area (Å²) in [6.45, 7) is 11.7. The molecule has 5 aliphatic rings. The molecule has 2 fully saturated rings. The smallest absolute Gasteiger partial charge is 0.264 e. The molecule has 1 saturated heterocycles. The normalized spacial score (nSPS) is 33.6. The monoisotopic (exact) mass is 725 g/mol. The van der Waals surface area contributed by atoms with Gasteiger partial charge in [-0.1, -0.05) is 36.7 Å². The Kier molecular flexibility index (Phi) is 10.6. The maximum Gasteiger partial charge on any atom is 0.264 e. The number of carbonyl (C=O) groups is 1. The van der Waals surface area contributed by atoms with Crippen molar-refractivity contribution >= 4 is 33.2 Å². The van der Waals surface area contributed by atoms with E-state index in [1.165, 1.54) is 11.1 Å². The number of benzene rings is 2. The fraction of sp³-hybridized carbons (Fsp3) is 0.615. The Labute approximate surface area is 302 Å². The number of sulfonamides is 1. The van der Waals surface area contributed by atoms with E-state index < -0.39 is 21.2 Å². The van der Waals surface area contributed by atoms with Gasteiger partial charge in [-0.15, -0.1) is 0 Å². The molecule has 11 heteroatoms. The van der Waals surface area contributed by atoms with E-state index in [0.717, 1.165) is 82.2 Å². The van der Waals surface area contributed by atoms with Crippen LogP contribution in [0.1, 0.15) is 74.4 Å². The van der Waals surface area contributed by atoms with Crippen LogP contribution in [0.3, 0.4) is 0 Å². The predicted octanol–water partition coefficient (Wildman–Crippen LogP) is 5.99. The molecular formula is C39H52ClN3O6S. The van der Waals surface area contributed by atoms with Crippen molar-refractivity contribution in [3.8, 4) is 5.75 Å². The van der Waals surface area contributed by atoms with Crippen LogP contribution in [0.15, 0.2) is 48.6 Å². The SMILES string of the molecule is C[C@@H]1COCCN1CCO[C@H]1/C=C/C[C@H](C)[C@@H](C)S(=O)(=O)NC(=O)c2ccc3c(c2)N(C[C@@H]2CC[C@H]21)C[C@@]1(CCCc2cc(Cl)ccc21)CO3. The highest BCUT2D eigenvalue weighted by Gasteiger charge is 2.44. The lowest BCUT2D eigenvalue weighted by atomic mass is 9.68. The van der Waals surface area contributed by atoms with Crippen LogP contribution in [0.2, 0.25) is 5.02 Å². The van der Waals surface area contributed by atoms with E-state index in [0.29, 0.717) is 48.8 Å². The highest BCUT2D eigenvalue weighted by atomic mass is 35.5. The largest absolute Gasteiger partial charge is 0.490 e. The molecular weight excluding hydrogens is 674 g/mol. The number of nitrogens with one attached hydrogen (secondary N) is 1. The summed E-state index contributed by atoms with van der Waals surface area (Å²) in [5, 5.41) is -0.0135. The van der Waals surface area contributed by atoms with Gasteiger partial charge in [0.2, 0.25) is 10.0 Å². The summed E-state index contributed by atoms with van der Waals surface area (Å²) in [5.74, 6) is 0.608. The number of allylic oxidation sites excluding steroid dienone is 1. The van der Waals surface area contributed by atoms with Crippen molar-refractivity contribution in [2.75, 3.05) is 57.5 Å². The van der Waals surface area contributed by atoms with E-state index in [9.17, 15) is 13.2 Å². The van der Waals surface area contributed by atoms with Crippen LogP contribution in [-0.4, -0.2) is 89.2 Å². The van der Waals surface area contributed by atoms with Crippen LogP contribution >= 0.6 is 11.6 Å². The number of rotatable bonds is 4. The first-order valence-electron chi connectivity index (χ1n) is 18.5. The van der Waals surface area contributed by atoms with Crippen LogP contribution in [-0.2, 0) is 31.3 Å². The van der Waals surface area contributed by atoms with Crippen molar-refractivity contribution in [1.29, 1.82) is 0 Å².